The first-order valence-electron chi connectivity index (χ1n) is 6.88. The fourth-order valence-corrected chi connectivity index (χ4v) is 3.10. The standard InChI is InChI=1S/C15H23FN2O/c1-11-6-8-15(19-2,9-7-11)14(18-17)12-4-3-5-13(16)10-12/h3-5,10-11,14,18H,6-9,17H2,1-2H3. The van der Waals surface area contributed by atoms with E-state index in [1.165, 1.54) is 12.1 Å². The first kappa shape index (κ1) is 14.4. The van der Waals surface area contributed by atoms with Crippen molar-refractivity contribution in [1.82, 2.24) is 5.43 Å². The van der Waals surface area contributed by atoms with E-state index in [0.29, 0.717) is 5.92 Å². The molecule has 0 bridgehead atoms. The molecule has 1 aliphatic rings. The number of halogens is 1. The summed E-state index contributed by atoms with van der Waals surface area (Å²) in [6, 6.07) is 6.40. The summed E-state index contributed by atoms with van der Waals surface area (Å²) in [6.45, 7) is 2.26. The van der Waals surface area contributed by atoms with Crippen molar-refractivity contribution in [2.75, 3.05) is 7.11 Å². The molecule has 0 radical (unpaired) electrons. The van der Waals surface area contributed by atoms with Crippen LogP contribution in [0.25, 0.3) is 0 Å². The maximum absolute atomic E-state index is 13.4. The minimum Gasteiger partial charge on any atom is -0.376 e. The van der Waals surface area contributed by atoms with Gasteiger partial charge in [0, 0.05) is 7.11 Å². The monoisotopic (exact) mass is 266 g/mol. The van der Waals surface area contributed by atoms with E-state index in [2.05, 4.69) is 12.3 Å². The smallest absolute Gasteiger partial charge is 0.123 e. The SMILES string of the molecule is COC1(C(NN)c2cccc(F)c2)CCC(C)CC1. The third-order valence-electron chi connectivity index (χ3n) is 4.40. The van der Waals surface area contributed by atoms with Gasteiger partial charge in [-0.05, 0) is 49.3 Å². The van der Waals surface area contributed by atoms with Gasteiger partial charge in [0.25, 0.3) is 0 Å². The number of benzene rings is 1. The van der Waals surface area contributed by atoms with E-state index < -0.39 is 0 Å². The van der Waals surface area contributed by atoms with Gasteiger partial charge in [-0.1, -0.05) is 19.1 Å². The van der Waals surface area contributed by atoms with Crippen LogP contribution >= 0.6 is 0 Å². The third-order valence-corrected chi connectivity index (χ3v) is 4.40. The first-order valence-corrected chi connectivity index (χ1v) is 6.88. The summed E-state index contributed by atoms with van der Waals surface area (Å²) in [4.78, 5) is 0. The summed E-state index contributed by atoms with van der Waals surface area (Å²) < 4.78 is 19.2. The van der Waals surface area contributed by atoms with Crippen LogP contribution in [0.15, 0.2) is 24.3 Å². The number of hydrazine groups is 1. The molecule has 4 heteroatoms. The zero-order valence-corrected chi connectivity index (χ0v) is 11.7. The molecule has 3 nitrogen and oxygen atoms in total. The Hall–Kier alpha value is -0.970. The summed E-state index contributed by atoms with van der Waals surface area (Å²) in [5.74, 6) is 6.20. The van der Waals surface area contributed by atoms with Crippen LogP contribution in [0.5, 0.6) is 0 Å². The van der Waals surface area contributed by atoms with E-state index in [1.807, 2.05) is 6.07 Å². The average molecular weight is 266 g/mol. The molecule has 1 aliphatic carbocycles. The second-order valence-corrected chi connectivity index (χ2v) is 5.61. The topological polar surface area (TPSA) is 47.3 Å². The molecule has 0 heterocycles. The Morgan fingerprint density at radius 3 is 2.63 bits per heavy atom. The van der Waals surface area contributed by atoms with Crippen molar-refractivity contribution in [3.05, 3.63) is 35.6 Å². The van der Waals surface area contributed by atoms with Crippen LogP contribution in [0.4, 0.5) is 4.39 Å². The highest BCUT2D eigenvalue weighted by atomic mass is 19.1. The molecule has 2 rings (SSSR count). The van der Waals surface area contributed by atoms with Crippen molar-refractivity contribution in [1.29, 1.82) is 0 Å². The molecule has 1 aromatic carbocycles. The summed E-state index contributed by atoms with van der Waals surface area (Å²) in [7, 11) is 1.72. The highest BCUT2D eigenvalue weighted by Gasteiger charge is 2.42. The number of methoxy groups -OCH3 is 1. The highest BCUT2D eigenvalue weighted by Crippen LogP contribution is 2.42. The van der Waals surface area contributed by atoms with Crippen LogP contribution < -0.4 is 11.3 Å². The number of hydrogen-bond acceptors (Lipinski definition) is 3. The quantitative estimate of drug-likeness (QED) is 0.650. The van der Waals surface area contributed by atoms with E-state index in [9.17, 15) is 4.39 Å². The van der Waals surface area contributed by atoms with Crippen molar-refractivity contribution in [2.24, 2.45) is 11.8 Å². The molecule has 0 aliphatic heterocycles. The Morgan fingerprint density at radius 2 is 2.11 bits per heavy atom. The van der Waals surface area contributed by atoms with E-state index in [0.717, 1.165) is 31.2 Å². The fraction of sp³-hybridized carbons (Fsp3) is 0.600. The van der Waals surface area contributed by atoms with Crippen LogP contribution in [0, 0.1) is 11.7 Å². The molecule has 0 amide bonds. The second kappa shape index (κ2) is 5.99. The Bertz CT molecular complexity index is 416. The lowest BCUT2D eigenvalue weighted by atomic mass is 9.73. The molecule has 3 N–H and O–H groups in total. The van der Waals surface area contributed by atoms with Crippen molar-refractivity contribution in [2.45, 2.75) is 44.2 Å². The summed E-state index contributed by atoms with van der Waals surface area (Å²) in [6.07, 6.45) is 4.11. The van der Waals surface area contributed by atoms with Gasteiger partial charge >= 0.3 is 0 Å². The fourth-order valence-electron chi connectivity index (χ4n) is 3.10. The van der Waals surface area contributed by atoms with Gasteiger partial charge in [-0.25, -0.2) is 4.39 Å². The molecule has 0 saturated heterocycles. The lowest BCUT2D eigenvalue weighted by molar-refractivity contribution is -0.0762. The maximum Gasteiger partial charge on any atom is 0.123 e. The number of hydrogen-bond donors (Lipinski definition) is 2. The zero-order valence-electron chi connectivity index (χ0n) is 11.7. The van der Waals surface area contributed by atoms with Gasteiger partial charge in [-0.3, -0.25) is 11.3 Å². The van der Waals surface area contributed by atoms with E-state index in [-0.39, 0.29) is 17.5 Å². The average Bonchev–Trinajstić information content (AvgIpc) is 2.42. The Labute approximate surface area is 114 Å². The first-order chi connectivity index (χ1) is 9.11. The molecule has 106 valence electrons. The number of nitrogens with two attached hydrogens (primary N) is 1. The third kappa shape index (κ3) is 2.96. The Balaban J connectivity index is 2.28. The second-order valence-electron chi connectivity index (χ2n) is 5.61. The highest BCUT2D eigenvalue weighted by molar-refractivity contribution is 5.23. The minimum atomic E-state index is -0.338. The van der Waals surface area contributed by atoms with Crippen molar-refractivity contribution < 1.29 is 9.13 Å². The molecule has 0 aromatic heterocycles. The predicted molar refractivity (Wildman–Crippen MR) is 73.8 cm³/mol. The van der Waals surface area contributed by atoms with Gasteiger partial charge in [-0.2, -0.15) is 0 Å². The molecule has 1 atom stereocenters. The van der Waals surface area contributed by atoms with E-state index >= 15 is 0 Å². The van der Waals surface area contributed by atoms with Gasteiger partial charge in [-0.15, -0.1) is 0 Å². The van der Waals surface area contributed by atoms with Crippen LogP contribution in [0.3, 0.4) is 0 Å². The van der Waals surface area contributed by atoms with Crippen LogP contribution in [-0.2, 0) is 4.74 Å². The van der Waals surface area contributed by atoms with Gasteiger partial charge in [0.1, 0.15) is 5.82 Å². The normalized spacial score (nSPS) is 29.2. The minimum absolute atomic E-state index is 0.180. The summed E-state index contributed by atoms with van der Waals surface area (Å²) in [5.41, 5.74) is 3.34. The van der Waals surface area contributed by atoms with Gasteiger partial charge < -0.3 is 4.74 Å². The summed E-state index contributed by atoms with van der Waals surface area (Å²) in [5, 5.41) is 0. The predicted octanol–water partition coefficient (Wildman–Crippen LogP) is 2.93. The van der Waals surface area contributed by atoms with Crippen molar-refractivity contribution >= 4 is 0 Å². The van der Waals surface area contributed by atoms with Crippen LogP contribution in [0.1, 0.15) is 44.2 Å². The molecule has 1 saturated carbocycles. The molecular formula is C15H23FN2O. The van der Waals surface area contributed by atoms with Gasteiger partial charge in [0.05, 0.1) is 11.6 Å². The molecule has 19 heavy (non-hydrogen) atoms. The number of nitrogens with one attached hydrogen (secondary N) is 1. The Kier molecular flexibility index (Phi) is 4.55. The molecule has 1 fully saturated rings. The van der Waals surface area contributed by atoms with Crippen LogP contribution in [-0.4, -0.2) is 12.7 Å². The molecule has 1 unspecified atom stereocenters. The van der Waals surface area contributed by atoms with E-state index in [4.69, 9.17) is 10.6 Å². The molecule has 1 aromatic rings. The maximum atomic E-state index is 13.4. The Morgan fingerprint density at radius 1 is 1.42 bits per heavy atom. The molecule has 0 spiro atoms. The van der Waals surface area contributed by atoms with Crippen molar-refractivity contribution in [3.63, 3.8) is 0 Å². The van der Waals surface area contributed by atoms with E-state index in [1.54, 1.807) is 13.2 Å². The number of ether oxygens (including phenoxy) is 1. The lowest BCUT2D eigenvalue weighted by Crippen LogP contribution is -2.50. The zero-order chi connectivity index (χ0) is 13.9. The summed E-state index contributed by atoms with van der Waals surface area (Å²) >= 11 is 0. The van der Waals surface area contributed by atoms with Gasteiger partial charge in [0.2, 0.25) is 0 Å². The lowest BCUT2D eigenvalue weighted by Gasteiger charge is -2.44. The van der Waals surface area contributed by atoms with Gasteiger partial charge in [0.15, 0.2) is 0 Å². The van der Waals surface area contributed by atoms with Crippen molar-refractivity contribution in [3.8, 4) is 0 Å². The largest absolute Gasteiger partial charge is 0.376 e. The van der Waals surface area contributed by atoms with Crippen LogP contribution in [0.2, 0.25) is 0 Å². The number of rotatable bonds is 4. The molecular weight excluding hydrogens is 243 g/mol.